The molecule has 0 aromatic carbocycles. The van der Waals surface area contributed by atoms with Crippen molar-refractivity contribution < 1.29 is 14.2 Å². The van der Waals surface area contributed by atoms with Crippen LogP contribution in [0.3, 0.4) is 0 Å². The van der Waals surface area contributed by atoms with E-state index in [-0.39, 0.29) is 6.10 Å². The number of hydrogen-bond acceptors (Lipinski definition) is 8. The van der Waals surface area contributed by atoms with Gasteiger partial charge in [-0.05, 0) is 26.3 Å². The number of ether oxygens (including phenoxy) is 3. The van der Waals surface area contributed by atoms with E-state index < -0.39 is 5.79 Å². The molecule has 0 aliphatic carbocycles. The van der Waals surface area contributed by atoms with Crippen LogP contribution in [-0.4, -0.2) is 61.3 Å². The number of fused-ring (bicyclic) bond motifs is 1. The second-order valence-electron chi connectivity index (χ2n) is 7.44. The van der Waals surface area contributed by atoms with E-state index >= 15 is 0 Å². The molecule has 1 N–H and O–H groups in total. The van der Waals surface area contributed by atoms with Gasteiger partial charge in [-0.3, -0.25) is 0 Å². The molecule has 2 saturated heterocycles. The molecule has 27 heavy (non-hydrogen) atoms. The van der Waals surface area contributed by atoms with Crippen LogP contribution in [0.1, 0.15) is 32.1 Å². The third kappa shape index (κ3) is 4.34. The molecule has 7 nitrogen and oxygen atoms in total. The fourth-order valence-electron chi connectivity index (χ4n) is 3.48. The summed E-state index contributed by atoms with van der Waals surface area (Å²) in [7, 11) is 0. The Morgan fingerprint density at radius 2 is 2.15 bits per heavy atom. The van der Waals surface area contributed by atoms with Crippen LogP contribution < -0.4 is 15.0 Å². The first-order valence-electron chi connectivity index (χ1n) is 9.75. The summed E-state index contributed by atoms with van der Waals surface area (Å²) in [6, 6.07) is 2.69. The van der Waals surface area contributed by atoms with Crippen molar-refractivity contribution in [2.24, 2.45) is 0 Å². The van der Waals surface area contributed by atoms with Crippen molar-refractivity contribution in [2.75, 3.05) is 44.3 Å². The van der Waals surface area contributed by atoms with Gasteiger partial charge in [-0.15, -0.1) is 11.3 Å². The lowest BCUT2D eigenvalue weighted by Gasteiger charge is -2.29. The zero-order valence-electron chi connectivity index (χ0n) is 16.3. The van der Waals surface area contributed by atoms with E-state index in [0.717, 1.165) is 55.1 Å². The van der Waals surface area contributed by atoms with E-state index in [1.807, 2.05) is 13.8 Å². The van der Waals surface area contributed by atoms with Crippen molar-refractivity contribution in [1.82, 2.24) is 15.3 Å². The Morgan fingerprint density at radius 1 is 1.33 bits per heavy atom. The van der Waals surface area contributed by atoms with Gasteiger partial charge in [-0.1, -0.05) is 6.92 Å². The van der Waals surface area contributed by atoms with Crippen LogP contribution in [0, 0.1) is 0 Å². The molecule has 8 heteroatoms. The summed E-state index contributed by atoms with van der Waals surface area (Å²) in [5.41, 5.74) is 0. The van der Waals surface area contributed by atoms with Crippen LogP contribution in [0.2, 0.25) is 0 Å². The maximum absolute atomic E-state index is 5.93. The quantitative estimate of drug-likeness (QED) is 0.810. The Bertz CT molecular complexity index is 789. The van der Waals surface area contributed by atoms with E-state index in [4.69, 9.17) is 19.2 Å². The molecule has 2 aliphatic rings. The monoisotopic (exact) mass is 392 g/mol. The average molecular weight is 393 g/mol. The average Bonchev–Trinajstić information content (AvgIpc) is 3.24. The Balaban J connectivity index is 1.50. The largest absolute Gasteiger partial charge is 0.463 e. The molecule has 4 heterocycles. The molecular formula is C19H28N4O3S. The first-order valence-corrected chi connectivity index (χ1v) is 10.6. The molecule has 148 valence electrons. The third-order valence-electron chi connectivity index (χ3n) is 4.91. The molecule has 2 aliphatic heterocycles. The summed E-state index contributed by atoms with van der Waals surface area (Å²) in [4.78, 5) is 14.1. The van der Waals surface area contributed by atoms with Gasteiger partial charge in [0.25, 0.3) is 0 Å². The molecule has 4 rings (SSSR count). The highest BCUT2D eigenvalue weighted by Gasteiger charge is 2.32. The van der Waals surface area contributed by atoms with E-state index in [2.05, 4.69) is 28.2 Å². The smallest absolute Gasteiger partial charge is 0.319 e. The summed E-state index contributed by atoms with van der Waals surface area (Å²) < 4.78 is 17.4. The number of rotatable bonds is 6. The van der Waals surface area contributed by atoms with Crippen molar-refractivity contribution in [3.05, 3.63) is 10.9 Å². The number of thiophene rings is 1. The van der Waals surface area contributed by atoms with Crippen molar-refractivity contribution >= 4 is 27.4 Å². The molecule has 0 radical (unpaired) electrons. The zero-order valence-corrected chi connectivity index (χ0v) is 17.1. The minimum absolute atomic E-state index is 0.0600. The predicted molar refractivity (Wildman–Crippen MR) is 107 cm³/mol. The molecule has 0 bridgehead atoms. The highest BCUT2D eigenvalue weighted by atomic mass is 32.1. The number of piperazine rings is 1. The van der Waals surface area contributed by atoms with Gasteiger partial charge in [-0.25, -0.2) is 0 Å². The Morgan fingerprint density at radius 3 is 2.85 bits per heavy atom. The standard InChI is InChI=1S/C19H28N4O3S/c1-4-14-11-15-16(23-8-6-20-7-9-23)21-18(22-17(15)27-14)24-10-5-13-12-25-19(2,3)26-13/h11,13,20H,4-10,12H2,1-3H3/t13-/m0/s1. The van der Waals surface area contributed by atoms with Crippen LogP contribution in [0.15, 0.2) is 6.07 Å². The summed E-state index contributed by atoms with van der Waals surface area (Å²) in [5.74, 6) is 0.498. The van der Waals surface area contributed by atoms with Gasteiger partial charge < -0.3 is 24.4 Å². The second-order valence-corrected chi connectivity index (χ2v) is 8.55. The lowest BCUT2D eigenvalue weighted by atomic mass is 10.2. The minimum Gasteiger partial charge on any atom is -0.463 e. The summed E-state index contributed by atoms with van der Waals surface area (Å²) in [6.45, 7) is 11.0. The van der Waals surface area contributed by atoms with Crippen molar-refractivity contribution in [1.29, 1.82) is 0 Å². The molecule has 0 saturated carbocycles. The number of nitrogens with zero attached hydrogens (tertiary/aromatic N) is 3. The lowest BCUT2D eigenvalue weighted by molar-refractivity contribution is -0.139. The first-order chi connectivity index (χ1) is 13.0. The normalized spacial score (nSPS) is 22.5. The van der Waals surface area contributed by atoms with Crippen LogP contribution in [0.4, 0.5) is 5.82 Å². The van der Waals surface area contributed by atoms with E-state index in [1.165, 1.54) is 4.88 Å². The van der Waals surface area contributed by atoms with E-state index in [0.29, 0.717) is 19.2 Å². The zero-order chi connectivity index (χ0) is 18.9. The molecule has 0 amide bonds. The molecule has 2 aromatic rings. The van der Waals surface area contributed by atoms with Crippen molar-refractivity contribution in [3.8, 4) is 6.01 Å². The fraction of sp³-hybridized carbons (Fsp3) is 0.684. The maximum Gasteiger partial charge on any atom is 0.319 e. The van der Waals surface area contributed by atoms with E-state index in [9.17, 15) is 0 Å². The number of aromatic nitrogens is 2. The number of hydrogen-bond donors (Lipinski definition) is 1. The Kier molecular flexibility index (Phi) is 5.50. The summed E-state index contributed by atoms with van der Waals surface area (Å²) in [5, 5.41) is 4.54. The highest BCUT2D eigenvalue weighted by Crippen LogP contribution is 2.33. The predicted octanol–water partition coefficient (Wildman–Crippen LogP) is 2.58. The summed E-state index contributed by atoms with van der Waals surface area (Å²) in [6.07, 6.45) is 1.83. The molecule has 0 spiro atoms. The van der Waals surface area contributed by atoms with Crippen LogP contribution in [-0.2, 0) is 15.9 Å². The number of nitrogens with one attached hydrogen (secondary N) is 1. The van der Waals surface area contributed by atoms with Gasteiger partial charge in [0.2, 0.25) is 0 Å². The third-order valence-corrected chi connectivity index (χ3v) is 6.08. The van der Waals surface area contributed by atoms with Gasteiger partial charge in [-0.2, -0.15) is 9.97 Å². The molecular weight excluding hydrogens is 364 g/mol. The fourth-order valence-corrected chi connectivity index (χ4v) is 4.43. The van der Waals surface area contributed by atoms with Crippen molar-refractivity contribution in [3.63, 3.8) is 0 Å². The first kappa shape index (κ1) is 18.9. The SMILES string of the molecule is CCc1cc2c(N3CCNCC3)nc(OCC[C@H]3COC(C)(C)O3)nc2s1. The van der Waals surface area contributed by atoms with Gasteiger partial charge in [0, 0.05) is 37.5 Å². The Labute approximate surface area is 164 Å². The van der Waals surface area contributed by atoms with Gasteiger partial charge >= 0.3 is 6.01 Å². The van der Waals surface area contributed by atoms with Gasteiger partial charge in [0.15, 0.2) is 5.79 Å². The Hall–Kier alpha value is -1.48. The molecule has 0 unspecified atom stereocenters. The van der Waals surface area contributed by atoms with Gasteiger partial charge in [0.1, 0.15) is 10.6 Å². The van der Waals surface area contributed by atoms with Crippen LogP contribution in [0.25, 0.3) is 10.2 Å². The minimum atomic E-state index is -0.497. The maximum atomic E-state index is 5.93. The molecule has 2 aromatic heterocycles. The number of aryl methyl sites for hydroxylation is 1. The molecule has 1 atom stereocenters. The van der Waals surface area contributed by atoms with Crippen molar-refractivity contribution in [2.45, 2.75) is 45.5 Å². The highest BCUT2D eigenvalue weighted by molar-refractivity contribution is 7.18. The van der Waals surface area contributed by atoms with Crippen LogP contribution >= 0.6 is 11.3 Å². The molecule has 2 fully saturated rings. The lowest BCUT2D eigenvalue weighted by Crippen LogP contribution is -2.44. The topological polar surface area (TPSA) is 68.7 Å². The van der Waals surface area contributed by atoms with Gasteiger partial charge in [0.05, 0.1) is 24.7 Å². The summed E-state index contributed by atoms with van der Waals surface area (Å²) >= 11 is 1.73. The van der Waals surface area contributed by atoms with E-state index in [1.54, 1.807) is 11.3 Å². The second kappa shape index (κ2) is 7.87. The number of anilines is 1. The van der Waals surface area contributed by atoms with Crippen LogP contribution in [0.5, 0.6) is 6.01 Å².